The lowest BCUT2D eigenvalue weighted by Crippen LogP contribution is -2.23. The first-order chi connectivity index (χ1) is 14.0. The number of aryl methyl sites for hydroxylation is 1. The molecule has 0 atom stereocenters. The number of allylic oxidation sites excluding steroid dienone is 1. The minimum Gasteiger partial charge on any atom is -0.494 e. The molecule has 0 spiro atoms. The predicted octanol–water partition coefficient (Wildman–Crippen LogP) is 4.34. The van der Waals surface area contributed by atoms with Gasteiger partial charge in [0.15, 0.2) is 5.16 Å². The van der Waals surface area contributed by atoms with Crippen molar-refractivity contribution in [2.45, 2.75) is 32.0 Å². The number of carbonyl (C=O) groups is 1. The van der Waals surface area contributed by atoms with Gasteiger partial charge in [-0.05, 0) is 43.7 Å². The van der Waals surface area contributed by atoms with Crippen molar-refractivity contribution >= 4 is 44.9 Å². The molecule has 3 aromatic rings. The first kappa shape index (κ1) is 21.1. The van der Waals surface area contributed by atoms with Gasteiger partial charge in [0.05, 0.1) is 17.7 Å². The van der Waals surface area contributed by atoms with Crippen LogP contribution in [0.1, 0.15) is 18.7 Å². The van der Waals surface area contributed by atoms with Gasteiger partial charge in [-0.25, -0.2) is 4.98 Å². The zero-order chi connectivity index (χ0) is 20.8. The average Bonchev–Trinajstić information content (AvgIpc) is 3.14. The van der Waals surface area contributed by atoms with Gasteiger partial charge in [-0.1, -0.05) is 24.8 Å². The third kappa shape index (κ3) is 5.07. The van der Waals surface area contributed by atoms with E-state index in [0.717, 1.165) is 17.0 Å². The average molecular weight is 430 g/mol. The Balaban J connectivity index is 1.74. The number of rotatable bonds is 9. The molecule has 6 nitrogen and oxygen atoms in total. The number of fused-ring (bicyclic) bond motifs is 1. The largest absolute Gasteiger partial charge is 0.494 e. The molecule has 0 unspecified atom stereocenters. The van der Waals surface area contributed by atoms with Crippen molar-refractivity contribution in [2.75, 3.05) is 17.7 Å². The van der Waals surface area contributed by atoms with Crippen molar-refractivity contribution in [1.29, 1.82) is 0 Å². The smallest absolute Gasteiger partial charge is 0.263 e. The molecule has 1 N–H and O–H groups in total. The summed E-state index contributed by atoms with van der Waals surface area (Å²) in [4.78, 5) is 31.7. The maximum atomic E-state index is 12.8. The summed E-state index contributed by atoms with van der Waals surface area (Å²) in [6.45, 7) is 8.64. The van der Waals surface area contributed by atoms with E-state index in [-0.39, 0.29) is 17.2 Å². The molecule has 0 aliphatic rings. The number of carbonyl (C=O) groups excluding carboxylic acids is 1. The van der Waals surface area contributed by atoms with E-state index in [9.17, 15) is 9.59 Å². The molecule has 1 aromatic carbocycles. The molecule has 0 saturated carbocycles. The van der Waals surface area contributed by atoms with Gasteiger partial charge in [0.2, 0.25) is 5.91 Å². The quantitative estimate of drug-likeness (QED) is 0.311. The van der Waals surface area contributed by atoms with Crippen molar-refractivity contribution in [3.8, 4) is 5.75 Å². The van der Waals surface area contributed by atoms with E-state index in [0.29, 0.717) is 34.2 Å². The Bertz CT molecular complexity index is 1070. The highest BCUT2D eigenvalue weighted by atomic mass is 32.2. The Kier molecular flexibility index (Phi) is 7.11. The molecule has 1 amide bonds. The molecule has 0 fully saturated rings. The summed E-state index contributed by atoms with van der Waals surface area (Å²) in [5, 5.41) is 3.99. The highest BCUT2D eigenvalue weighted by molar-refractivity contribution is 7.99. The minimum absolute atomic E-state index is 0.0970. The Morgan fingerprint density at radius 2 is 2.10 bits per heavy atom. The van der Waals surface area contributed by atoms with Gasteiger partial charge in [-0.2, -0.15) is 0 Å². The summed E-state index contributed by atoms with van der Waals surface area (Å²) in [6.07, 6.45) is 2.51. The first-order valence-corrected chi connectivity index (χ1v) is 11.2. The maximum absolute atomic E-state index is 12.8. The van der Waals surface area contributed by atoms with Crippen molar-refractivity contribution < 1.29 is 9.53 Å². The molecule has 152 valence electrons. The summed E-state index contributed by atoms with van der Waals surface area (Å²) < 4.78 is 6.96. The molecular weight excluding hydrogens is 406 g/mol. The van der Waals surface area contributed by atoms with Crippen LogP contribution < -0.4 is 15.6 Å². The standard InChI is InChI=1S/C21H23N3O3S2/c1-4-11-24-20(26)17-12-16(5-2)29-19(17)23-21(24)28-13-18(25)22-14-7-9-15(10-8-14)27-6-3/h4,7-10,12H,1,5-6,11,13H2,2-3H3,(H,22,25). The van der Waals surface area contributed by atoms with Gasteiger partial charge in [0, 0.05) is 17.1 Å². The highest BCUT2D eigenvalue weighted by Gasteiger charge is 2.15. The topological polar surface area (TPSA) is 73.2 Å². The van der Waals surface area contributed by atoms with E-state index in [1.54, 1.807) is 22.8 Å². The van der Waals surface area contributed by atoms with Crippen molar-refractivity contribution in [3.63, 3.8) is 0 Å². The van der Waals surface area contributed by atoms with E-state index in [1.807, 2.05) is 32.0 Å². The number of thiophene rings is 1. The number of anilines is 1. The van der Waals surface area contributed by atoms with Crippen LogP contribution in [0.15, 0.2) is 52.9 Å². The fraction of sp³-hybridized carbons (Fsp3) is 0.286. The van der Waals surface area contributed by atoms with Crippen LogP contribution in [-0.4, -0.2) is 27.8 Å². The molecule has 3 rings (SSSR count). The van der Waals surface area contributed by atoms with Crippen LogP contribution in [-0.2, 0) is 17.8 Å². The number of ether oxygens (including phenoxy) is 1. The van der Waals surface area contributed by atoms with Crippen LogP contribution >= 0.6 is 23.1 Å². The number of aromatic nitrogens is 2. The van der Waals surface area contributed by atoms with Gasteiger partial charge >= 0.3 is 0 Å². The lowest BCUT2D eigenvalue weighted by Gasteiger charge is -2.10. The van der Waals surface area contributed by atoms with Gasteiger partial charge in [0.1, 0.15) is 10.6 Å². The Morgan fingerprint density at radius 1 is 1.34 bits per heavy atom. The summed E-state index contributed by atoms with van der Waals surface area (Å²) in [7, 11) is 0. The van der Waals surface area contributed by atoms with E-state index < -0.39 is 0 Å². The fourth-order valence-electron chi connectivity index (χ4n) is 2.75. The van der Waals surface area contributed by atoms with Gasteiger partial charge in [-0.3, -0.25) is 14.2 Å². The number of benzene rings is 1. The lowest BCUT2D eigenvalue weighted by atomic mass is 10.3. The number of nitrogens with one attached hydrogen (secondary N) is 1. The molecule has 29 heavy (non-hydrogen) atoms. The SMILES string of the molecule is C=CCn1c(SCC(=O)Nc2ccc(OCC)cc2)nc2sc(CC)cc2c1=O. The van der Waals surface area contributed by atoms with Crippen LogP contribution in [0.4, 0.5) is 5.69 Å². The zero-order valence-electron chi connectivity index (χ0n) is 16.4. The van der Waals surface area contributed by atoms with Gasteiger partial charge in [0.25, 0.3) is 5.56 Å². The zero-order valence-corrected chi connectivity index (χ0v) is 18.1. The second-order valence-corrected chi connectivity index (χ2v) is 8.24. The molecule has 0 saturated heterocycles. The van der Waals surface area contributed by atoms with Crippen LogP contribution in [0.5, 0.6) is 5.75 Å². The molecular formula is C21H23N3O3S2. The lowest BCUT2D eigenvalue weighted by molar-refractivity contribution is -0.113. The number of hydrogen-bond acceptors (Lipinski definition) is 6. The molecule has 2 aromatic heterocycles. The number of hydrogen-bond donors (Lipinski definition) is 1. The second-order valence-electron chi connectivity index (χ2n) is 6.18. The van der Waals surface area contributed by atoms with Crippen LogP contribution in [0, 0.1) is 0 Å². The maximum Gasteiger partial charge on any atom is 0.263 e. The second kappa shape index (κ2) is 9.76. The predicted molar refractivity (Wildman–Crippen MR) is 120 cm³/mol. The molecule has 0 radical (unpaired) electrons. The number of nitrogens with zero attached hydrogens (tertiary/aromatic N) is 2. The molecule has 0 aliphatic heterocycles. The van der Waals surface area contributed by atoms with Crippen LogP contribution in [0.3, 0.4) is 0 Å². The summed E-state index contributed by atoms with van der Waals surface area (Å²) in [5.74, 6) is 0.737. The monoisotopic (exact) mass is 429 g/mol. The normalized spacial score (nSPS) is 10.8. The van der Waals surface area contributed by atoms with E-state index in [1.165, 1.54) is 23.1 Å². The summed E-state index contributed by atoms with van der Waals surface area (Å²) in [6, 6.07) is 9.12. The van der Waals surface area contributed by atoms with Crippen molar-refractivity contribution in [3.05, 3.63) is 58.2 Å². The van der Waals surface area contributed by atoms with E-state index >= 15 is 0 Å². The molecule has 8 heteroatoms. The number of thioether (sulfide) groups is 1. The summed E-state index contributed by atoms with van der Waals surface area (Å²) in [5.41, 5.74) is 0.595. The minimum atomic E-state index is -0.168. The van der Waals surface area contributed by atoms with E-state index in [4.69, 9.17) is 4.74 Å². The highest BCUT2D eigenvalue weighted by Crippen LogP contribution is 2.25. The molecule has 2 heterocycles. The van der Waals surface area contributed by atoms with E-state index in [2.05, 4.69) is 16.9 Å². The summed E-state index contributed by atoms with van der Waals surface area (Å²) >= 11 is 2.76. The Morgan fingerprint density at radius 3 is 2.76 bits per heavy atom. The molecule has 0 aliphatic carbocycles. The number of amides is 1. The fourth-order valence-corrected chi connectivity index (χ4v) is 4.57. The molecule has 0 bridgehead atoms. The first-order valence-electron chi connectivity index (χ1n) is 9.35. The van der Waals surface area contributed by atoms with Crippen LogP contribution in [0.25, 0.3) is 10.2 Å². The third-order valence-corrected chi connectivity index (χ3v) is 6.26. The Hall–Kier alpha value is -2.58. The van der Waals surface area contributed by atoms with Crippen molar-refractivity contribution in [1.82, 2.24) is 9.55 Å². The van der Waals surface area contributed by atoms with Gasteiger partial charge in [-0.15, -0.1) is 17.9 Å². The van der Waals surface area contributed by atoms with Crippen molar-refractivity contribution in [2.24, 2.45) is 0 Å². The van der Waals surface area contributed by atoms with Gasteiger partial charge < -0.3 is 10.1 Å². The third-order valence-electron chi connectivity index (χ3n) is 4.11. The van der Waals surface area contributed by atoms with Crippen LogP contribution in [0.2, 0.25) is 0 Å². The Labute approximate surface area is 177 Å².